The summed E-state index contributed by atoms with van der Waals surface area (Å²) in [5, 5.41) is 9.92. The summed E-state index contributed by atoms with van der Waals surface area (Å²) < 4.78 is 24.1. The molecule has 1 aliphatic heterocycles. The summed E-state index contributed by atoms with van der Waals surface area (Å²) in [6, 6.07) is 16.9. The minimum atomic E-state index is -0.113. The van der Waals surface area contributed by atoms with Gasteiger partial charge >= 0.3 is 0 Å². The third-order valence-electron chi connectivity index (χ3n) is 7.49. The normalized spacial score (nSPS) is 17.5. The Morgan fingerprint density at radius 2 is 1.95 bits per heavy atom. The van der Waals surface area contributed by atoms with Crippen molar-refractivity contribution in [2.75, 3.05) is 27.8 Å². The second-order valence-corrected chi connectivity index (χ2v) is 10.4. The number of methoxy groups -OCH3 is 1. The SMILES string of the molecule is COc1cc(C(=O)N(C)C)ccc1-c1cc2nccc(-c3ccc(OC4CCOC5(CC5)C4)c(C#N)c3)c2o1. The van der Waals surface area contributed by atoms with Gasteiger partial charge in [0.05, 0.1) is 30.4 Å². The van der Waals surface area contributed by atoms with Crippen molar-refractivity contribution >= 4 is 17.0 Å². The van der Waals surface area contributed by atoms with E-state index >= 15 is 0 Å². The van der Waals surface area contributed by atoms with E-state index in [4.69, 9.17) is 18.6 Å². The number of ether oxygens (including phenoxy) is 3. The first-order valence-corrected chi connectivity index (χ1v) is 13.0. The molecule has 0 bridgehead atoms. The molecule has 1 amide bonds. The fourth-order valence-electron chi connectivity index (χ4n) is 5.22. The lowest BCUT2D eigenvalue weighted by molar-refractivity contribution is -0.0513. The van der Waals surface area contributed by atoms with Gasteiger partial charge in [-0.25, -0.2) is 0 Å². The van der Waals surface area contributed by atoms with E-state index in [9.17, 15) is 10.1 Å². The third-order valence-corrected chi connectivity index (χ3v) is 7.49. The number of amides is 1. The number of hydrogen-bond donors (Lipinski definition) is 0. The molecule has 3 heterocycles. The predicted molar refractivity (Wildman–Crippen MR) is 146 cm³/mol. The van der Waals surface area contributed by atoms with Gasteiger partial charge < -0.3 is 23.5 Å². The van der Waals surface area contributed by atoms with Gasteiger partial charge in [0.2, 0.25) is 0 Å². The van der Waals surface area contributed by atoms with Gasteiger partial charge in [-0.05, 0) is 54.8 Å². The molecular weight excluding hydrogens is 494 g/mol. The lowest BCUT2D eigenvalue weighted by Crippen LogP contribution is -2.34. The average Bonchev–Trinajstić information content (AvgIpc) is 3.54. The molecule has 2 aliphatic rings. The van der Waals surface area contributed by atoms with E-state index in [1.165, 1.54) is 4.90 Å². The van der Waals surface area contributed by atoms with Gasteiger partial charge in [0, 0.05) is 50.3 Å². The van der Waals surface area contributed by atoms with Crippen LogP contribution in [0, 0.1) is 11.3 Å². The maximum atomic E-state index is 12.4. The van der Waals surface area contributed by atoms with Crippen LogP contribution in [-0.4, -0.2) is 55.3 Å². The number of carbonyl (C=O) groups excluding carboxylic acids is 1. The molecule has 2 aromatic carbocycles. The van der Waals surface area contributed by atoms with Crippen LogP contribution in [0.1, 0.15) is 41.6 Å². The van der Waals surface area contributed by atoms with Gasteiger partial charge in [0.1, 0.15) is 34.9 Å². The molecule has 4 aromatic rings. The Balaban J connectivity index is 1.33. The minimum Gasteiger partial charge on any atom is -0.496 e. The Kier molecular flexibility index (Phi) is 6.24. The zero-order chi connectivity index (χ0) is 27.1. The van der Waals surface area contributed by atoms with E-state index in [0.717, 1.165) is 36.8 Å². The minimum absolute atomic E-state index is 0.000185. The molecule has 0 N–H and O–H groups in total. The van der Waals surface area contributed by atoms with Gasteiger partial charge in [-0.15, -0.1) is 0 Å². The van der Waals surface area contributed by atoms with Gasteiger partial charge in [-0.2, -0.15) is 5.26 Å². The summed E-state index contributed by atoms with van der Waals surface area (Å²) >= 11 is 0. The van der Waals surface area contributed by atoms with Crippen LogP contribution in [0.25, 0.3) is 33.6 Å². The van der Waals surface area contributed by atoms with Crippen LogP contribution in [0.2, 0.25) is 0 Å². The van der Waals surface area contributed by atoms with Gasteiger partial charge in [0.25, 0.3) is 5.91 Å². The second kappa shape index (κ2) is 9.75. The average molecular weight is 524 g/mol. The number of aromatic nitrogens is 1. The molecule has 0 radical (unpaired) electrons. The van der Waals surface area contributed by atoms with E-state index < -0.39 is 0 Å². The van der Waals surface area contributed by atoms with Gasteiger partial charge in [0.15, 0.2) is 5.58 Å². The highest BCUT2D eigenvalue weighted by molar-refractivity contribution is 5.96. The number of fused-ring (bicyclic) bond motifs is 1. The first-order chi connectivity index (χ1) is 18.9. The number of carbonyl (C=O) groups is 1. The van der Waals surface area contributed by atoms with Gasteiger partial charge in [-0.1, -0.05) is 6.07 Å². The van der Waals surface area contributed by atoms with E-state index in [-0.39, 0.29) is 17.6 Å². The fraction of sp³-hybridized carbons (Fsp3) is 0.323. The highest BCUT2D eigenvalue weighted by Crippen LogP contribution is 2.47. The quantitative estimate of drug-likeness (QED) is 0.313. The fourth-order valence-corrected chi connectivity index (χ4v) is 5.22. The van der Waals surface area contributed by atoms with E-state index in [0.29, 0.717) is 51.7 Å². The largest absolute Gasteiger partial charge is 0.496 e. The Morgan fingerprint density at radius 1 is 1.10 bits per heavy atom. The van der Waals surface area contributed by atoms with Crippen LogP contribution in [0.3, 0.4) is 0 Å². The van der Waals surface area contributed by atoms with Crippen LogP contribution < -0.4 is 9.47 Å². The van der Waals surface area contributed by atoms with Crippen molar-refractivity contribution in [2.45, 2.75) is 37.4 Å². The lowest BCUT2D eigenvalue weighted by atomic mass is 10.0. The van der Waals surface area contributed by atoms with Crippen molar-refractivity contribution in [2.24, 2.45) is 0 Å². The van der Waals surface area contributed by atoms with Crippen molar-refractivity contribution in [3.63, 3.8) is 0 Å². The summed E-state index contributed by atoms with van der Waals surface area (Å²) in [6.45, 7) is 0.694. The Hall–Kier alpha value is -4.35. The third kappa shape index (κ3) is 4.70. The van der Waals surface area contributed by atoms with Crippen molar-refractivity contribution < 1.29 is 23.4 Å². The topological polar surface area (TPSA) is 97.8 Å². The first-order valence-electron chi connectivity index (χ1n) is 13.0. The van der Waals surface area contributed by atoms with Crippen LogP contribution in [-0.2, 0) is 4.74 Å². The molecule has 8 nitrogen and oxygen atoms in total. The summed E-state index contributed by atoms with van der Waals surface area (Å²) in [6.07, 6.45) is 5.64. The standard InChI is InChI=1S/C31H29N3O5/c1-34(2)30(35)20-4-6-24(27(15-20)36-3)28-16-25-29(39-28)23(8-12-33-25)19-5-7-26(21(14-19)18-32)38-22-9-13-37-31(17-22)10-11-31/h4-8,12,14-16,22H,9-11,13,17H2,1-3H3. The number of furan rings is 1. The summed E-state index contributed by atoms with van der Waals surface area (Å²) in [4.78, 5) is 18.4. The molecule has 1 aliphatic carbocycles. The molecule has 2 aromatic heterocycles. The summed E-state index contributed by atoms with van der Waals surface area (Å²) in [7, 11) is 4.98. The van der Waals surface area contributed by atoms with Crippen molar-refractivity contribution in [3.05, 3.63) is 65.9 Å². The van der Waals surface area contributed by atoms with Crippen LogP contribution in [0.4, 0.5) is 0 Å². The zero-order valence-corrected chi connectivity index (χ0v) is 22.2. The number of rotatable bonds is 6. The lowest BCUT2D eigenvalue weighted by Gasteiger charge is -2.30. The summed E-state index contributed by atoms with van der Waals surface area (Å²) in [5.41, 5.74) is 4.63. The van der Waals surface area contributed by atoms with Gasteiger partial charge in [-0.3, -0.25) is 9.78 Å². The molecule has 1 unspecified atom stereocenters. The van der Waals surface area contributed by atoms with E-state index in [1.807, 2.05) is 36.4 Å². The second-order valence-electron chi connectivity index (χ2n) is 10.4. The van der Waals surface area contributed by atoms with Crippen LogP contribution in [0.5, 0.6) is 11.5 Å². The Morgan fingerprint density at radius 3 is 2.69 bits per heavy atom. The van der Waals surface area contributed by atoms with Crippen molar-refractivity contribution in [1.29, 1.82) is 5.26 Å². The maximum absolute atomic E-state index is 12.4. The molecule has 8 heteroatoms. The molecule has 1 saturated heterocycles. The number of pyridine rings is 1. The molecule has 198 valence electrons. The molecule has 2 fully saturated rings. The Labute approximate surface area is 226 Å². The van der Waals surface area contributed by atoms with Crippen LogP contribution in [0.15, 0.2) is 59.1 Å². The molecule has 1 atom stereocenters. The van der Waals surface area contributed by atoms with E-state index in [2.05, 4.69) is 11.1 Å². The molecule has 1 spiro atoms. The maximum Gasteiger partial charge on any atom is 0.253 e. The number of nitriles is 1. The van der Waals surface area contributed by atoms with Crippen molar-refractivity contribution in [3.8, 4) is 40.0 Å². The molecule has 6 rings (SSSR count). The highest BCUT2D eigenvalue weighted by Gasteiger charge is 2.48. The summed E-state index contributed by atoms with van der Waals surface area (Å²) in [5.74, 6) is 1.57. The smallest absolute Gasteiger partial charge is 0.253 e. The highest BCUT2D eigenvalue weighted by atomic mass is 16.5. The number of nitrogens with zero attached hydrogens (tertiary/aromatic N) is 3. The number of benzene rings is 2. The monoisotopic (exact) mass is 523 g/mol. The van der Waals surface area contributed by atoms with Crippen LogP contribution >= 0.6 is 0 Å². The molecule has 39 heavy (non-hydrogen) atoms. The molecule has 1 saturated carbocycles. The van der Waals surface area contributed by atoms with Crippen molar-refractivity contribution in [1.82, 2.24) is 9.88 Å². The first kappa shape index (κ1) is 25.0. The molecular formula is C31H29N3O5. The zero-order valence-electron chi connectivity index (χ0n) is 22.2. The number of hydrogen-bond acceptors (Lipinski definition) is 7. The van der Waals surface area contributed by atoms with E-state index in [1.54, 1.807) is 39.5 Å². The Bertz CT molecular complexity index is 1610. The predicted octanol–water partition coefficient (Wildman–Crippen LogP) is 5.83.